The molecular weight excluding hydrogens is 480 g/mol. The van der Waals surface area contributed by atoms with E-state index in [0.717, 1.165) is 29.1 Å². The number of rotatable bonds is 22. The molecule has 0 fully saturated rings. The van der Waals surface area contributed by atoms with Gasteiger partial charge in [0.05, 0.1) is 0 Å². The second-order valence-corrected chi connectivity index (χ2v) is 16.2. The van der Waals surface area contributed by atoms with Crippen molar-refractivity contribution in [3.8, 4) is 0 Å². The first-order chi connectivity index (χ1) is 18.5. The fourth-order valence-electron chi connectivity index (χ4n) is 6.20. The highest BCUT2D eigenvalue weighted by Crippen LogP contribution is 2.40. The van der Waals surface area contributed by atoms with Crippen molar-refractivity contribution in [1.82, 2.24) is 0 Å². The molecule has 2 aromatic rings. The summed E-state index contributed by atoms with van der Waals surface area (Å²) in [6.07, 6.45) is 21.9. The zero-order valence-electron chi connectivity index (χ0n) is 25.0. The molecule has 0 spiro atoms. The lowest BCUT2D eigenvalue weighted by Crippen LogP contribution is -2.65. The van der Waals surface area contributed by atoms with Crippen LogP contribution in [-0.4, -0.2) is 24.8 Å². The van der Waals surface area contributed by atoms with Crippen LogP contribution in [-0.2, 0) is 0 Å². The van der Waals surface area contributed by atoms with Crippen molar-refractivity contribution in [2.75, 3.05) is 6.61 Å². The van der Waals surface area contributed by atoms with Gasteiger partial charge >= 0.3 is 0 Å². The Labute approximate surface area is 236 Å². The normalized spacial score (nSPS) is 13.1. The van der Waals surface area contributed by atoms with Crippen LogP contribution in [0.3, 0.4) is 0 Å². The highest BCUT2D eigenvalue weighted by atomic mass is 28.4. The molecule has 0 aliphatic carbocycles. The SMILES string of the molecule is CCCCCCCCCC(CCO)CCCCCCCCC(C)(C)[Si](O)(c1ccccc1)c1ccccc1. The van der Waals surface area contributed by atoms with Crippen molar-refractivity contribution in [2.45, 2.75) is 135 Å². The second-order valence-electron chi connectivity index (χ2n) is 12.3. The molecular formula is C35H58O2Si. The van der Waals surface area contributed by atoms with Crippen molar-refractivity contribution < 1.29 is 9.90 Å². The zero-order valence-corrected chi connectivity index (χ0v) is 26.0. The van der Waals surface area contributed by atoms with E-state index in [1.165, 1.54) is 96.3 Å². The summed E-state index contributed by atoms with van der Waals surface area (Å²) in [6, 6.07) is 20.8. The minimum absolute atomic E-state index is 0.136. The van der Waals surface area contributed by atoms with Crippen LogP contribution in [0.2, 0.25) is 5.04 Å². The molecule has 0 saturated heterocycles. The van der Waals surface area contributed by atoms with E-state index in [9.17, 15) is 9.90 Å². The Morgan fingerprint density at radius 3 is 1.47 bits per heavy atom. The van der Waals surface area contributed by atoms with Gasteiger partial charge in [0.15, 0.2) is 0 Å². The first-order valence-electron chi connectivity index (χ1n) is 15.9. The Morgan fingerprint density at radius 2 is 1.03 bits per heavy atom. The van der Waals surface area contributed by atoms with Gasteiger partial charge in [-0.3, -0.25) is 0 Å². The number of hydrogen-bond donors (Lipinski definition) is 2. The minimum Gasteiger partial charge on any atom is -0.424 e. The van der Waals surface area contributed by atoms with Crippen LogP contribution in [0, 0.1) is 5.92 Å². The maximum atomic E-state index is 12.3. The van der Waals surface area contributed by atoms with Gasteiger partial charge in [0.25, 0.3) is 8.32 Å². The molecule has 0 radical (unpaired) electrons. The van der Waals surface area contributed by atoms with Crippen molar-refractivity contribution in [2.24, 2.45) is 5.92 Å². The van der Waals surface area contributed by atoms with Gasteiger partial charge in [-0.05, 0) is 34.2 Å². The predicted molar refractivity (Wildman–Crippen MR) is 169 cm³/mol. The van der Waals surface area contributed by atoms with E-state index in [1.807, 2.05) is 12.1 Å². The van der Waals surface area contributed by atoms with Crippen LogP contribution in [0.5, 0.6) is 0 Å². The molecule has 2 nitrogen and oxygen atoms in total. The van der Waals surface area contributed by atoms with Crippen LogP contribution in [0.1, 0.15) is 130 Å². The monoisotopic (exact) mass is 538 g/mol. The average Bonchev–Trinajstić information content (AvgIpc) is 2.94. The zero-order chi connectivity index (χ0) is 27.5. The largest absolute Gasteiger partial charge is 0.424 e. The maximum Gasteiger partial charge on any atom is 0.258 e. The fraction of sp³-hybridized carbons (Fsp3) is 0.657. The van der Waals surface area contributed by atoms with Crippen molar-refractivity contribution in [1.29, 1.82) is 0 Å². The maximum absolute atomic E-state index is 12.3. The lowest BCUT2D eigenvalue weighted by Gasteiger charge is -2.41. The van der Waals surface area contributed by atoms with E-state index in [4.69, 9.17) is 0 Å². The Balaban J connectivity index is 1.69. The van der Waals surface area contributed by atoms with Gasteiger partial charge in [0.1, 0.15) is 0 Å². The number of aliphatic hydroxyl groups is 1. The molecule has 0 aromatic heterocycles. The van der Waals surface area contributed by atoms with Crippen molar-refractivity contribution >= 4 is 18.7 Å². The molecule has 2 rings (SSSR count). The van der Waals surface area contributed by atoms with E-state index >= 15 is 0 Å². The van der Waals surface area contributed by atoms with Crippen molar-refractivity contribution in [3.05, 3.63) is 60.7 Å². The van der Waals surface area contributed by atoms with Gasteiger partial charge in [-0.2, -0.15) is 0 Å². The standard InChI is InChI=1S/C35H58O2Si/c1-4-5-6-7-8-11-16-23-32(29-31-36)24-17-12-9-10-13-22-30-35(2,3)38(37,33-25-18-14-19-26-33)34-27-20-15-21-28-34/h14-15,18-21,25-28,32,36-37H,4-13,16-17,22-24,29-31H2,1-3H3. The third-order valence-corrected chi connectivity index (χ3v) is 13.3. The van der Waals surface area contributed by atoms with Gasteiger partial charge in [-0.25, -0.2) is 0 Å². The molecule has 1 atom stereocenters. The number of unbranched alkanes of at least 4 members (excludes halogenated alkanes) is 11. The van der Waals surface area contributed by atoms with Crippen LogP contribution >= 0.6 is 0 Å². The Bertz CT molecular complexity index is 781. The van der Waals surface area contributed by atoms with Gasteiger partial charge < -0.3 is 9.90 Å². The third kappa shape index (κ3) is 11.0. The Kier molecular flexibility index (Phi) is 16.2. The molecule has 2 N–H and O–H groups in total. The summed E-state index contributed by atoms with van der Waals surface area (Å²) in [5.74, 6) is 0.718. The van der Waals surface area contributed by atoms with Crippen LogP contribution in [0.15, 0.2) is 60.7 Å². The molecule has 0 aliphatic heterocycles. The summed E-state index contributed by atoms with van der Waals surface area (Å²) in [4.78, 5) is 12.3. The van der Waals surface area contributed by atoms with Crippen molar-refractivity contribution in [3.63, 3.8) is 0 Å². The smallest absolute Gasteiger partial charge is 0.258 e. The van der Waals surface area contributed by atoms with E-state index in [-0.39, 0.29) is 5.04 Å². The van der Waals surface area contributed by atoms with Gasteiger partial charge in [-0.15, -0.1) is 0 Å². The summed E-state index contributed by atoms with van der Waals surface area (Å²) >= 11 is 0. The summed E-state index contributed by atoms with van der Waals surface area (Å²) in [7, 11) is -2.87. The lowest BCUT2D eigenvalue weighted by molar-refractivity contribution is 0.241. The van der Waals surface area contributed by atoms with Gasteiger partial charge in [0.2, 0.25) is 0 Å². The molecule has 0 aliphatic rings. The molecule has 0 bridgehead atoms. The fourth-order valence-corrected chi connectivity index (χ4v) is 9.99. The lowest BCUT2D eigenvalue weighted by atomic mass is 9.91. The predicted octanol–water partition coefficient (Wildman–Crippen LogP) is 8.78. The quantitative estimate of drug-likeness (QED) is 0.116. The second kappa shape index (κ2) is 18.8. The number of benzene rings is 2. The number of aliphatic hydroxyl groups excluding tert-OH is 1. The summed E-state index contributed by atoms with van der Waals surface area (Å²) in [5.41, 5.74) is 0. The summed E-state index contributed by atoms with van der Waals surface area (Å²) in [5, 5.41) is 11.6. The van der Waals surface area contributed by atoms with E-state index in [1.54, 1.807) is 0 Å². The molecule has 0 amide bonds. The van der Waals surface area contributed by atoms with Gasteiger partial charge in [0, 0.05) is 6.61 Å². The molecule has 3 heteroatoms. The first-order valence-corrected chi connectivity index (χ1v) is 17.8. The molecule has 0 saturated carbocycles. The first kappa shape index (κ1) is 32.8. The Hall–Kier alpha value is -1.42. The van der Waals surface area contributed by atoms with Crippen LogP contribution in [0.25, 0.3) is 0 Å². The highest BCUT2D eigenvalue weighted by molar-refractivity contribution is 6.98. The third-order valence-electron chi connectivity index (χ3n) is 8.78. The van der Waals surface area contributed by atoms with Gasteiger partial charge in [-0.1, -0.05) is 178 Å². The Morgan fingerprint density at radius 1 is 0.605 bits per heavy atom. The molecule has 1 unspecified atom stereocenters. The highest BCUT2D eigenvalue weighted by Gasteiger charge is 2.49. The van der Waals surface area contributed by atoms with Crippen LogP contribution < -0.4 is 10.4 Å². The summed E-state index contributed by atoms with van der Waals surface area (Å²) in [6.45, 7) is 7.19. The minimum atomic E-state index is -2.87. The van der Waals surface area contributed by atoms with E-state index in [2.05, 4.69) is 69.3 Å². The molecule has 214 valence electrons. The molecule has 38 heavy (non-hydrogen) atoms. The molecule has 0 heterocycles. The van der Waals surface area contributed by atoms with E-state index in [0.29, 0.717) is 6.61 Å². The van der Waals surface area contributed by atoms with E-state index < -0.39 is 8.32 Å². The average molecular weight is 539 g/mol. The number of hydrogen-bond acceptors (Lipinski definition) is 2. The summed E-state index contributed by atoms with van der Waals surface area (Å²) < 4.78 is 0. The van der Waals surface area contributed by atoms with Crippen LogP contribution in [0.4, 0.5) is 0 Å². The topological polar surface area (TPSA) is 40.5 Å². The molecule has 2 aromatic carbocycles.